The van der Waals surface area contributed by atoms with Gasteiger partial charge in [0.15, 0.2) is 0 Å². The van der Waals surface area contributed by atoms with Crippen molar-refractivity contribution in [2.75, 3.05) is 30.8 Å². The first-order valence-corrected chi connectivity index (χ1v) is 6.43. The first kappa shape index (κ1) is 14.1. The molecule has 1 aliphatic rings. The molecule has 3 nitrogen and oxygen atoms in total. The van der Waals surface area contributed by atoms with Crippen molar-refractivity contribution in [2.24, 2.45) is 0 Å². The van der Waals surface area contributed by atoms with Gasteiger partial charge in [-0.3, -0.25) is 0 Å². The summed E-state index contributed by atoms with van der Waals surface area (Å²) in [6.45, 7) is 3.40. The standard InChI is InChI=1S/C14H20F2N2O/c1-14(19-2)6-3-7-18(9-14)12-5-4-10(17)8-11(12)13(15)16/h4-5,8,13H,3,6-7,9,17H2,1-2H3. The Hall–Kier alpha value is -1.36. The average molecular weight is 270 g/mol. The molecule has 5 heteroatoms. The number of alkyl halides is 2. The highest BCUT2D eigenvalue weighted by atomic mass is 19.3. The van der Waals surface area contributed by atoms with Crippen LogP contribution >= 0.6 is 0 Å². The van der Waals surface area contributed by atoms with Crippen LogP contribution in [0.4, 0.5) is 20.2 Å². The first-order chi connectivity index (χ1) is 8.95. The van der Waals surface area contributed by atoms with Crippen LogP contribution in [0.1, 0.15) is 31.8 Å². The predicted octanol–water partition coefficient (Wildman–Crippen LogP) is 3.21. The van der Waals surface area contributed by atoms with Crippen molar-refractivity contribution >= 4 is 11.4 Å². The molecule has 0 spiro atoms. The second kappa shape index (κ2) is 5.33. The van der Waals surface area contributed by atoms with E-state index in [1.807, 2.05) is 11.8 Å². The van der Waals surface area contributed by atoms with Crippen LogP contribution in [0.15, 0.2) is 18.2 Å². The van der Waals surface area contributed by atoms with E-state index in [2.05, 4.69) is 0 Å². The second-order valence-corrected chi connectivity index (χ2v) is 5.30. The van der Waals surface area contributed by atoms with E-state index in [4.69, 9.17) is 10.5 Å². The van der Waals surface area contributed by atoms with Gasteiger partial charge < -0.3 is 15.4 Å². The molecule has 0 saturated carbocycles. The van der Waals surface area contributed by atoms with Crippen LogP contribution in [0.5, 0.6) is 0 Å². The van der Waals surface area contributed by atoms with Crippen LogP contribution in [0.2, 0.25) is 0 Å². The summed E-state index contributed by atoms with van der Waals surface area (Å²) >= 11 is 0. The fourth-order valence-electron chi connectivity index (χ4n) is 2.61. The predicted molar refractivity (Wildman–Crippen MR) is 72.7 cm³/mol. The van der Waals surface area contributed by atoms with Gasteiger partial charge in [-0.15, -0.1) is 0 Å². The number of halogens is 2. The van der Waals surface area contributed by atoms with Crippen LogP contribution in [-0.2, 0) is 4.74 Å². The van der Waals surface area contributed by atoms with Crippen molar-refractivity contribution < 1.29 is 13.5 Å². The lowest BCUT2D eigenvalue weighted by Crippen LogP contribution is -2.47. The highest BCUT2D eigenvalue weighted by Crippen LogP contribution is 2.35. The molecule has 1 fully saturated rings. The highest BCUT2D eigenvalue weighted by molar-refractivity contribution is 5.60. The lowest BCUT2D eigenvalue weighted by molar-refractivity contribution is -0.00481. The molecule has 1 aliphatic heterocycles. The third-order valence-corrected chi connectivity index (χ3v) is 3.78. The number of anilines is 2. The third-order valence-electron chi connectivity index (χ3n) is 3.78. The van der Waals surface area contributed by atoms with Crippen molar-refractivity contribution in [3.63, 3.8) is 0 Å². The van der Waals surface area contributed by atoms with Gasteiger partial charge in [-0.05, 0) is 38.0 Å². The summed E-state index contributed by atoms with van der Waals surface area (Å²) in [5.41, 5.74) is 6.25. The van der Waals surface area contributed by atoms with E-state index in [1.165, 1.54) is 6.07 Å². The number of piperidine rings is 1. The Morgan fingerprint density at radius 2 is 2.16 bits per heavy atom. The molecule has 1 heterocycles. The van der Waals surface area contributed by atoms with Crippen LogP contribution in [0.3, 0.4) is 0 Å². The molecule has 106 valence electrons. The van der Waals surface area contributed by atoms with Gasteiger partial charge >= 0.3 is 0 Å². The second-order valence-electron chi connectivity index (χ2n) is 5.30. The summed E-state index contributed by atoms with van der Waals surface area (Å²) in [7, 11) is 1.67. The molecule has 1 atom stereocenters. The van der Waals surface area contributed by atoms with Crippen LogP contribution in [0, 0.1) is 0 Å². The minimum absolute atomic E-state index is 0.000327. The van der Waals surface area contributed by atoms with E-state index < -0.39 is 6.43 Å². The zero-order valence-electron chi connectivity index (χ0n) is 11.3. The number of methoxy groups -OCH3 is 1. The number of nitrogens with two attached hydrogens (primary N) is 1. The number of rotatable bonds is 3. The number of nitrogens with zero attached hydrogens (tertiary/aromatic N) is 1. The lowest BCUT2D eigenvalue weighted by atomic mass is 9.93. The SMILES string of the molecule is COC1(C)CCCN(c2ccc(N)cc2C(F)F)C1. The van der Waals surface area contributed by atoms with E-state index in [0.717, 1.165) is 19.4 Å². The molecule has 19 heavy (non-hydrogen) atoms. The van der Waals surface area contributed by atoms with Crippen LogP contribution < -0.4 is 10.6 Å². The minimum atomic E-state index is -2.52. The van der Waals surface area contributed by atoms with Crippen LogP contribution in [0.25, 0.3) is 0 Å². The summed E-state index contributed by atoms with van der Waals surface area (Å²) in [5.74, 6) is 0. The van der Waals surface area contributed by atoms with E-state index in [0.29, 0.717) is 17.9 Å². The molecule has 1 aromatic carbocycles. The van der Waals surface area contributed by atoms with E-state index in [-0.39, 0.29) is 11.2 Å². The van der Waals surface area contributed by atoms with Crippen LogP contribution in [-0.4, -0.2) is 25.8 Å². The maximum atomic E-state index is 13.1. The maximum Gasteiger partial charge on any atom is 0.265 e. The summed E-state index contributed by atoms with van der Waals surface area (Å²) in [4.78, 5) is 1.97. The lowest BCUT2D eigenvalue weighted by Gasteiger charge is -2.41. The summed E-state index contributed by atoms with van der Waals surface area (Å²) < 4.78 is 31.7. The fraction of sp³-hybridized carbons (Fsp3) is 0.571. The molecule has 1 saturated heterocycles. The smallest absolute Gasteiger partial charge is 0.265 e. The Balaban J connectivity index is 2.31. The molecular formula is C14H20F2N2O. The maximum absolute atomic E-state index is 13.1. The Morgan fingerprint density at radius 3 is 2.79 bits per heavy atom. The third kappa shape index (κ3) is 2.97. The Kier molecular flexibility index (Phi) is 3.94. The number of ether oxygens (including phenoxy) is 1. The average Bonchev–Trinajstić information content (AvgIpc) is 2.38. The van der Waals surface area contributed by atoms with Gasteiger partial charge in [0.1, 0.15) is 0 Å². The topological polar surface area (TPSA) is 38.5 Å². The summed E-state index contributed by atoms with van der Waals surface area (Å²) in [5, 5.41) is 0. The van der Waals surface area contributed by atoms with E-state index in [1.54, 1.807) is 19.2 Å². The number of hydrogen-bond acceptors (Lipinski definition) is 3. The molecule has 0 bridgehead atoms. The fourth-order valence-corrected chi connectivity index (χ4v) is 2.61. The van der Waals surface area contributed by atoms with Gasteiger partial charge in [-0.25, -0.2) is 8.78 Å². The Labute approximate surface area is 112 Å². The van der Waals surface area contributed by atoms with E-state index in [9.17, 15) is 8.78 Å². The quantitative estimate of drug-likeness (QED) is 0.857. The van der Waals surface area contributed by atoms with Crippen molar-refractivity contribution in [1.82, 2.24) is 0 Å². The monoisotopic (exact) mass is 270 g/mol. The highest BCUT2D eigenvalue weighted by Gasteiger charge is 2.32. The first-order valence-electron chi connectivity index (χ1n) is 6.43. The number of hydrogen-bond donors (Lipinski definition) is 1. The molecule has 0 radical (unpaired) electrons. The van der Waals surface area contributed by atoms with Crippen molar-refractivity contribution in [3.05, 3.63) is 23.8 Å². The summed E-state index contributed by atoms with van der Waals surface area (Å²) in [6, 6.07) is 4.71. The molecule has 1 aromatic rings. The van der Waals surface area contributed by atoms with Crippen molar-refractivity contribution in [2.45, 2.75) is 31.8 Å². The van der Waals surface area contributed by atoms with Crippen molar-refractivity contribution in [3.8, 4) is 0 Å². The molecule has 2 rings (SSSR count). The van der Waals surface area contributed by atoms with Gasteiger partial charge in [0.05, 0.1) is 5.60 Å². The number of benzene rings is 1. The number of nitrogen functional groups attached to an aromatic ring is 1. The normalized spacial score (nSPS) is 23.9. The molecule has 0 aromatic heterocycles. The molecule has 0 amide bonds. The van der Waals surface area contributed by atoms with Gasteiger partial charge in [0.25, 0.3) is 6.43 Å². The molecule has 2 N–H and O–H groups in total. The Bertz CT molecular complexity index is 453. The summed E-state index contributed by atoms with van der Waals surface area (Å²) in [6.07, 6.45) is -0.648. The largest absolute Gasteiger partial charge is 0.399 e. The van der Waals surface area contributed by atoms with Gasteiger partial charge in [-0.1, -0.05) is 0 Å². The molecule has 1 unspecified atom stereocenters. The van der Waals surface area contributed by atoms with Gasteiger partial charge in [0, 0.05) is 37.1 Å². The van der Waals surface area contributed by atoms with Gasteiger partial charge in [0.2, 0.25) is 0 Å². The minimum Gasteiger partial charge on any atom is -0.399 e. The van der Waals surface area contributed by atoms with Crippen molar-refractivity contribution in [1.29, 1.82) is 0 Å². The van der Waals surface area contributed by atoms with Gasteiger partial charge in [-0.2, -0.15) is 0 Å². The Morgan fingerprint density at radius 1 is 1.42 bits per heavy atom. The zero-order valence-corrected chi connectivity index (χ0v) is 11.3. The molecular weight excluding hydrogens is 250 g/mol. The molecule has 0 aliphatic carbocycles. The zero-order chi connectivity index (χ0) is 14.0. The van der Waals surface area contributed by atoms with E-state index >= 15 is 0 Å².